The second kappa shape index (κ2) is 15.8. The molecule has 0 spiro atoms. The molecule has 0 fully saturated rings. The molecule has 0 aliphatic carbocycles. The summed E-state index contributed by atoms with van der Waals surface area (Å²) in [6.07, 6.45) is 3.50. The Bertz CT molecular complexity index is 2600. The van der Waals surface area contributed by atoms with E-state index in [0.29, 0.717) is 46.9 Å². The summed E-state index contributed by atoms with van der Waals surface area (Å²) in [6.45, 7) is 4.03. The fourth-order valence-corrected chi connectivity index (χ4v) is 5.95. The summed E-state index contributed by atoms with van der Waals surface area (Å²) in [5.74, 6) is 1.61. The van der Waals surface area contributed by atoms with Crippen molar-refractivity contribution in [1.82, 2.24) is 19.1 Å². The van der Waals surface area contributed by atoms with Crippen LogP contribution in [0.15, 0.2) is 124 Å². The average molecular weight is 743 g/mol. The van der Waals surface area contributed by atoms with Crippen LogP contribution in [-0.2, 0) is 35.9 Å². The highest BCUT2D eigenvalue weighted by Crippen LogP contribution is 2.27. The molecule has 0 atom stereocenters. The van der Waals surface area contributed by atoms with Crippen molar-refractivity contribution < 1.29 is 42.5 Å². The van der Waals surface area contributed by atoms with E-state index in [9.17, 15) is 14.0 Å². The molecular formula is C42H35FN4O8. The van der Waals surface area contributed by atoms with Gasteiger partial charge in [0.05, 0.1) is 0 Å². The third kappa shape index (κ3) is 8.57. The minimum Gasteiger partial charge on any atom is -0.487 e. The molecule has 0 saturated carbocycles. The second-order valence-electron chi connectivity index (χ2n) is 12.6. The van der Waals surface area contributed by atoms with Gasteiger partial charge in [0, 0.05) is 45.3 Å². The monoisotopic (exact) mass is 742 g/mol. The number of hydrogen-bond acceptors (Lipinski definition) is 8. The van der Waals surface area contributed by atoms with E-state index in [2.05, 4.69) is 9.97 Å². The van der Waals surface area contributed by atoms with Crippen molar-refractivity contribution in [2.24, 2.45) is 0 Å². The lowest BCUT2D eigenvalue weighted by Gasteiger charge is -2.06. The molecule has 55 heavy (non-hydrogen) atoms. The van der Waals surface area contributed by atoms with Gasteiger partial charge in [0.15, 0.2) is 0 Å². The molecule has 0 aliphatic rings. The van der Waals surface area contributed by atoms with Crippen LogP contribution in [0.1, 0.15) is 22.9 Å². The Kier molecular flexibility index (Phi) is 10.4. The lowest BCUT2D eigenvalue weighted by Crippen LogP contribution is -2.07. The Morgan fingerprint density at radius 1 is 0.636 bits per heavy atom. The van der Waals surface area contributed by atoms with E-state index in [-0.39, 0.29) is 25.5 Å². The molecule has 0 aliphatic heterocycles. The first-order valence-electron chi connectivity index (χ1n) is 17.2. The van der Waals surface area contributed by atoms with Crippen molar-refractivity contribution in [3.63, 3.8) is 0 Å². The van der Waals surface area contributed by atoms with Crippen molar-refractivity contribution in [2.75, 3.05) is 0 Å². The first-order valence-corrected chi connectivity index (χ1v) is 17.2. The van der Waals surface area contributed by atoms with E-state index in [1.165, 1.54) is 12.1 Å². The van der Waals surface area contributed by atoms with Crippen molar-refractivity contribution in [3.8, 4) is 34.4 Å². The topological polar surface area (TPSA) is 155 Å². The minimum atomic E-state index is -0.892. The summed E-state index contributed by atoms with van der Waals surface area (Å²) < 4.78 is 39.5. The standard InChI is InChI=1S/C21H17FN2O4.C21H18N2O4/c1-13-18(23-21(28-13)14-2-4-16(22)5-3-14)12-27-17-6-7-19-15(10-17)8-9-24(19)11-20(25)26;1-14-18(22-21(27-14)15-5-3-2-4-6-15)13-26-17-7-8-19-16(11-17)9-10-23(19)12-20(24)25/h2-10H,11-12H2,1H3,(H,25,26);2-11H,12-13H2,1H3,(H,24,25). The van der Waals surface area contributed by atoms with Gasteiger partial charge < -0.3 is 37.7 Å². The van der Waals surface area contributed by atoms with Crippen LogP contribution < -0.4 is 9.47 Å². The van der Waals surface area contributed by atoms with Crippen molar-refractivity contribution in [1.29, 1.82) is 0 Å². The Labute approximate surface area is 313 Å². The Morgan fingerprint density at radius 3 is 1.55 bits per heavy atom. The van der Waals surface area contributed by atoms with Gasteiger partial charge in [-0.2, -0.15) is 0 Å². The highest BCUT2D eigenvalue weighted by molar-refractivity contribution is 5.84. The summed E-state index contributed by atoms with van der Waals surface area (Å²) in [6, 6.07) is 30.4. The number of carboxylic acid groups (broad SMARTS) is 2. The van der Waals surface area contributed by atoms with Crippen LogP contribution in [0.2, 0.25) is 0 Å². The minimum absolute atomic E-state index is 0.0654. The molecule has 0 radical (unpaired) electrons. The fourth-order valence-electron chi connectivity index (χ4n) is 5.95. The van der Waals surface area contributed by atoms with Crippen LogP contribution in [0.5, 0.6) is 11.5 Å². The van der Waals surface area contributed by atoms with Crippen molar-refractivity contribution >= 4 is 33.7 Å². The molecule has 13 heteroatoms. The third-order valence-electron chi connectivity index (χ3n) is 8.74. The van der Waals surface area contributed by atoms with E-state index in [0.717, 1.165) is 38.8 Å². The molecule has 278 valence electrons. The number of oxazole rings is 2. The van der Waals surface area contributed by atoms with Crippen molar-refractivity contribution in [2.45, 2.75) is 40.2 Å². The van der Waals surface area contributed by atoms with Crippen LogP contribution >= 0.6 is 0 Å². The zero-order valence-corrected chi connectivity index (χ0v) is 29.8. The Morgan fingerprint density at radius 2 is 1.09 bits per heavy atom. The maximum Gasteiger partial charge on any atom is 0.323 e. The van der Waals surface area contributed by atoms with E-state index in [1.807, 2.05) is 79.7 Å². The summed E-state index contributed by atoms with van der Waals surface area (Å²) in [4.78, 5) is 30.8. The lowest BCUT2D eigenvalue weighted by atomic mass is 10.2. The van der Waals surface area contributed by atoms with Crippen LogP contribution in [0.4, 0.5) is 4.39 Å². The number of benzene rings is 4. The molecule has 2 N–H and O–H groups in total. The maximum absolute atomic E-state index is 13.1. The van der Waals surface area contributed by atoms with Gasteiger partial charge in [-0.3, -0.25) is 9.59 Å². The number of hydrogen-bond donors (Lipinski definition) is 2. The molecule has 0 unspecified atom stereocenters. The van der Waals surface area contributed by atoms with Gasteiger partial charge in [-0.1, -0.05) is 18.2 Å². The summed E-state index contributed by atoms with van der Waals surface area (Å²) in [7, 11) is 0. The molecule has 4 aromatic heterocycles. The predicted octanol–water partition coefficient (Wildman–Crippen LogP) is 8.68. The van der Waals surface area contributed by atoms with Gasteiger partial charge in [-0.25, -0.2) is 14.4 Å². The number of nitrogens with zero attached hydrogens (tertiary/aromatic N) is 4. The second-order valence-corrected chi connectivity index (χ2v) is 12.6. The van der Waals surface area contributed by atoms with E-state index >= 15 is 0 Å². The molecule has 0 saturated heterocycles. The first kappa shape index (κ1) is 36.2. The first-order chi connectivity index (χ1) is 26.6. The number of carbonyl (C=O) groups is 2. The van der Waals surface area contributed by atoms with Crippen LogP contribution in [0.3, 0.4) is 0 Å². The van der Waals surface area contributed by atoms with Gasteiger partial charge >= 0.3 is 11.9 Å². The number of ether oxygens (including phenoxy) is 2. The normalized spacial score (nSPS) is 11.0. The molecule has 4 heterocycles. The Hall–Kier alpha value is -7.15. The Balaban J connectivity index is 0.000000169. The summed E-state index contributed by atoms with van der Waals surface area (Å²) in [5, 5.41) is 19.7. The lowest BCUT2D eigenvalue weighted by molar-refractivity contribution is -0.138. The molecule has 0 amide bonds. The number of aryl methyl sites for hydroxylation is 2. The molecule has 0 bridgehead atoms. The zero-order valence-electron chi connectivity index (χ0n) is 29.8. The number of rotatable bonds is 12. The van der Waals surface area contributed by atoms with Gasteiger partial charge in [0.25, 0.3) is 0 Å². The molecule has 8 aromatic rings. The number of aromatic nitrogens is 4. The van der Waals surface area contributed by atoms with E-state index in [1.54, 1.807) is 46.7 Å². The van der Waals surface area contributed by atoms with Crippen LogP contribution in [-0.4, -0.2) is 41.3 Å². The molecule has 4 aromatic carbocycles. The molecular weight excluding hydrogens is 707 g/mol. The molecule has 8 rings (SSSR count). The number of halogens is 1. The number of fused-ring (bicyclic) bond motifs is 2. The largest absolute Gasteiger partial charge is 0.487 e. The predicted molar refractivity (Wildman–Crippen MR) is 201 cm³/mol. The van der Waals surface area contributed by atoms with Gasteiger partial charge in [-0.05, 0) is 98.8 Å². The number of carboxylic acids is 2. The quantitative estimate of drug-likeness (QED) is 0.124. The van der Waals surface area contributed by atoms with Crippen molar-refractivity contribution in [3.05, 3.63) is 144 Å². The fraction of sp³-hybridized carbons (Fsp3) is 0.143. The van der Waals surface area contributed by atoms with Gasteiger partial charge in [0.2, 0.25) is 11.8 Å². The van der Waals surface area contributed by atoms with Crippen LogP contribution in [0, 0.1) is 19.7 Å². The maximum atomic E-state index is 13.1. The molecule has 12 nitrogen and oxygen atoms in total. The summed E-state index contributed by atoms with van der Waals surface area (Å²) >= 11 is 0. The van der Waals surface area contributed by atoms with E-state index in [4.69, 9.17) is 28.5 Å². The van der Waals surface area contributed by atoms with Gasteiger partial charge in [-0.15, -0.1) is 0 Å². The zero-order chi connectivity index (χ0) is 38.5. The summed E-state index contributed by atoms with van der Waals surface area (Å²) in [5.41, 5.74) is 4.70. The SMILES string of the molecule is Cc1oc(-c2ccc(F)cc2)nc1COc1ccc2c(ccn2CC(=O)O)c1.Cc1oc(-c2ccccc2)nc1COc1ccc2c(ccn2CC(=O)O)c1. The third-order valence-corrected chi connectivity index (χ3v) is 8.74. The number of aliphatic carboxylic acids is 2. The highest BCUT2D eigenvalue weighted by atomic mass is 19.1. The smallest absolute Gasteiger partial charge is 0.323 e. The van der Waals surface area contributed by atoms with E-state index < -0.39 is 11.9 Å². The van der Waals surface area contributed by atoms with Gasteiger partial charge in [0.1, 0.15) is 66.5 Å². The highest BCUT2D eigenvalue weighted by Gasteiger charge is 2.15. The van der Waals surface area contributed by atoms with Crippen LogP contribution in [0.25, 0.3) is 44.7 Å². The average Bonchev–Trinajstić information content (AvgIpc) is 3.96.